The molecular weight excluding hydrogens is 371 g/mol. The number of nitrogens with zero attached hydrogens (tertiary/aromatic N) is 5. The predicted octanol–water partition coefficient (Wildman–Crippen LogP) is 3.69. The van der Waals surface area contributed by atoms with Crippen LogP contribution in [0, 0.1) is 5.82 Å². The second-order valence-corrected chi connectivity index (χ2v) is 6.70. The van der Waals surface area contributed by atoms with Gasteiger partial charge in [0.15, 0.2) is 5.82 Å². The van der Waals surface area contributed by atoms with Crippen LogP contribution < -0.4 is 5.32 Å². The normalized spacial score (nSPS) is 11.9. The second kappa shape index (κ2) is 8.55. The summed E-state index contributed by atoms with van der Waals surface area (Å²) < 4.78 is 18.3. The Balaban J connectivity index is 1.37. The SMILES string of the molecule is C[C@H](Cc1cnccn1)Nc1ccc(-c2nc(Cc3ccc(F)cc3)no2)cn1. The van der Waals surface area contributed by atoms with Crippen molar-refractivity contribution in [2.24, 2.45) is 0 Å². The largest absolute Gasteiger partial charge is 0.367 e. The minimum atomic E-state index is -0.270. The molecule has 3 aromatic heterocycles. The van der Waals surface area contributed by atoms with E-state index >= 15 is 0 Å². The quantitative estimate of drug-likeness (QED) is 0.515. The van der Waals surface area contributed by atoms with Gasteiger partial charge in [0.05, 0.1) is 11.3 Å². The Morgan fingerprint density at radius 2 is 1.90 bits per heavy atom. The Morgan fingerprint density at radius 3 is 2.62 bits per heavy atom. The van der Waals surface area contributed by atoms with Gasteiger partial charge in [-0.1, -0.05) is 17.3 Å². The molecule has 8 heteroatoms. The fourth-order valence-corrected chi connectivity index (χ4v) is 2.89. The highest BCUT2D eigenvalue weighted by Gasteiger charge is 2.11. The summed E-state index contributed by atoms with van der Waals surface area (Å²) in [6.45, 7) is 2.06. The van der Waals surface area contributed by atoms with E-state index in [2.05, 4.69) is 37.3 Å². The van der Waals surface area contributed by atoms with Crippen molar-refractivity contribution < 1.29 is 8.91 Å². The summed E-state index contributed by atoms with van der Waals surface area (Å²) in [5.74, 6) is 1.41. The third-order valence-electron chi connectivity index (χ3n) is 4.28. The third-order valence-corrected chi connectivity index (χ3v) is 4.28. The van der Waals surface area contributed by atoms with E-state index in [1.807, 2.05) is 12.1 Å². The molecule has 4 aromatic rings. The Kier molecular flexibility index (Phi) is 5.51. The van der Waals surface area contributed by atoms with Gasteiger partial charge in [-0.25, -0.2) is 9.37 Å². The summed E-state index contributed by atoms with van der Waals surface area (Å²) in [7, 11) is 0. The highest BCUT2D eigenvalue weighted by molar-refractivity contribution is 5.54. The molecule has 1 atom stereocenters. The van der Waals surface area contributed by atoms with Gasteiger partial charge in [-0.05, 0) is 36.8 Å². The molecule has 7 nitrogen and oxygen atoms in total. The van der Waals surface area contributed by atoms with Gasteiger partial charge in [-0.2, -0.15) is 4.98 Å². The Labute approximate surface area is 167 Å². The van der Waals surface area contributed by atoms with Crippen LogP contribution in [0.3, 0.4) is 0 Å². The summed E-state index contributed by atoms with van der Waals surface area (Å²) in [4.78, 5) is 17.2. The maximum Gasteiger partial charge on any atom is 0.259 e. The van der Waals surface area contributed by atoms with Crippen molar-refractivity contribution in [1.29, 1.82) is 0 Å². The maximum atomic E-state index is 13.0. The van der Waals surface area contributed by atoms with Crippen LogP contribution in [0.4, 0.5) is 10.2 Å². The molecule has 29 heavy (non-hydrogen) atoms. The van der Waals surface area contributed by atoms with Crippen molar-refractivity contribution in [2.45, 2.75) is 25.8 Å². The number of benzene rings is 1. The van der Waals surface area contributed by atoms with Gasteiger partial charge in [-0.3, -0.25) is 9.97 Å². The first kappa shape index (κ1) is 18.7. The van der Waals surface area contributed by atoms with Gasteiger partial charge in [-0.15, -0.1) is 0 Å². The smallest absolute Gasteiger partial charge is 0.259 e. The molecule has 0 saturated carbocycles. The number of rotatable bonds is 7. The lowest BCUT2D eigenvalue weighted by atomic mass is 10.1. The first-order chi connectivity index (χ1) is 14.2. The standard InChI is InChI=1S/C21H19FN6O/c1-14(10-18-13-23-8-9-24-18)26-19-7-4-16(12-25-19)21-27-20(28-29-21)11-15-2-5-17(22)6-3-15/h2-9,12-14H,10-11H2,1H3,(H,25,26)/t14-/m1/s1. The fraction of sp³-hybridized carbons (Fsp3) is 0.190. The molecule has 0 saturated heterocycles. The Bertz CT molecular complexity index is 1050. The summed E-state index contributed by atoms with van der Waals surface area (Å²) in [6, 6.07) is 10.1. The van der Waals surface area contributed by atoms with Crippen molar-refractivity contribution >= 4 is 5.82 Å². The number of halogens is 1. The van der Waals surface area contributed by atoms with Gasteiger partial charge in [0.1, 0.15) is 11.6 Å². The Morgan fingerprint density at radius 1 is 1.03 bits per heavy atom. The van der Waals surface area contributed by atoms with Crippen LogP contribution in [0.15, 0.2) is 65.7 Å². The van der Waals surface area contributed by atoms with Gasteiger partial charge in [0.2, 0.25) is 0 Å². The number of pyridine rings is 1. The molecule has 0 aliphatic carbocycles. The maximum absolute atomic E-state index is 13.0. The number of nitrogens with one attached hydrogen (secondary N) is 1. The summed E-state index contributed by atoms with van der Waals surface area (Å²) in [5.41, 5.74) is 2.56. The lowest BCUT2D eigenvalue weighted by molar-refractivity contribution is 0.424. The molecule has 3 heterocycles. The van der Waals surface area contributed by atoms with Crippen LogP contribution >= 0.6 is 0 Å². The van der Waals surface area contributed by atoms with E-state index in [4.69, 9.17) is 4.52 Å². The first-order valence-electron chi connectivity index (χ1n) is 9.20. The van der Waals surface area contributed by atoms with E-state index < -0.39 is 0 Å². The molecule has 0 amide bonds. The zero-order chi connectivity index (χ0) is 20.1. The van der Waals surface area contributed by atoms with Gasteiger partial charge in [0.25, 0.3) is 5.89 Å². The molecule has 0 aliphatic rings. The topological polar surface area (TPSA) is 89.6 Å². The lowest BCUT2D eigenvalue weighted by Gasteiger charge is -2.13. The van der Waals surface area contributed by atoms with Crippen molar-refractivity contribution in [3.8, 4) is 11.5 Å². The van der Waals surface area contributed by atoms with E-state index in [-0.39, 0.29) is 11.9 Å². The van der Waals surface area contributed by atoms with Crippen molar-refractivity contribution in [1.82, 2.24) is 25.1 Å². The molecule has 4 rings (SSSR count). The number of hydrogen-bond donors (Lipinski definition) is 1. The van der Waals surface area contributed by atoms with Crippen molar-refractivity contribution in [2.75, 3.05) is 5.32 Å². The highest BCUT2D eigenvalue weighted by atomic mass is 19.1. The lowest BCUT2D eigenvalue weighted by Crippen LogP contribution is -2.19. The van der Waals surface area contributed by atoms with Gasteiger partial charge < -0.3 is 9.84 Å². The van der Waals surface area contributed by atoms with Gasteiger partial charge >= 0.3 is 0 Å². The third kappa shape index (κ3) is 4.98. The monoisotopic (exact) mass is 390 g/mol. The van der Waals surface area contributed by atoms with Crippen LogP contribution in [0.2, 0.25) is 0 Å². The minimum absolute atomic E-state index is 0.149. The van der Waals surface area contributed by atoms with E-state index in [0.29, 0.717) is 18.1 Å². The van der Waals surface area contributed by atoms with Crippen molar-refractivity contribution in [3.63, 3.8) is 0 Å². The van der Waals surface area contributed by atoms with Gasteiger partial charge in [0, 0.05) is 43.7 Å². The molecule has 1 aromatic carbocycles. The molecule has 0 bridgehead atoms. The molecule has 0 aliphatic heterocycles. The zero-order valence-electron chi connectivity index (χ0n) is 15.8. The van der Waals surface area contributed by atoms with Crippen LogP contribution in [-0.2, 0) is 12.8 Å². The average Bonchev–Trinajstić information content (AvgIpc) is 3.19. The minimum Gasteiger partial charge on any atom is -0.367 e. The van der Waals surface area contributed by atoms with Crippen LogP contribution in [0.25, 0.3) is 11.5 Å². The van der Waals surface area contributed by atoms with E-state index in [1.165, 1.54) is 12.1 Å². The molecule has 146 valence electrons. The molecule has 0 unspecified atom stereocenters. The van der Waals surface area contributed by atoms with Crippen LogP contribution in [0.1, 0.15) is 24.0 Å². The number of anilines is 1. The molecule has 0 radical (unpaired) electrons. The summed E-state index contributed by atoms with van der Waals surface area (Å²) >= 11 is 0. The highest BCUT2D eigenvalue weighted by Crippen LogP contribution is 2.19. The predicted molar refractivity (Wildman–Crippen MR) is 106 cm³/mol. The molecule has 0 spiro atoms. The fourth-order valence-electron chi connectivity index (χ4n) is 2.89. The second-order valence-electron chi connectivity index (χ2n) is 6.70. The number of hydrogen-bond acceptors (Lipinski definition) is 7. The van der Waals surface area contributed by atoms with E-state index in [1.54, 1.807) is 36.9 Å². The van der Waals surface area contributed by atoms with Crippen LogP contribution in [0.5, 0.6) is 0 Å². The van der Waals surface area contributed by atoms with E-state index in [0.717, 1.165) is 29.1 Å². The summed E-state index contributed by atoms with van der Waals surface area (Å²) in [6.07, 6.45) is 8.00. The first-order valence-corrected chi connectivity index (χ1v) is 9.20. The van der Waals surface area contributed by atoms with Crippen molar-refractivity contribution in [3.05, 3.63) is 84.1 Å². The molecule has 1 N–H and O–H groups in total. The number of aromatic nitrogens is 5. The average molecular weight is 390 g/mol. The molecule has 0 fully saturated rings. The zero-order valence-corrected chi connectivity index (χ0v) is 15.8. The summed E-state index contributed by atoms with van der Waals surface area (Å²) in [5, 5.41) is 7.33. The van der Waals surface area contributed by atoms with E-state index in [9.17, 15) is 4.39 Å². The van der Waals surface area contributed by atoms with Crippen LogP contribution in [-0.4, -0.2) is 31.1 Å². The molecular formula is C21H19FN6O. The Hall–Kier alpha value is -3.68.